The van der Waals surface area contributed by atoms with Gasteiger partial charge in [-0.3, -0.25) is 10.1 Å². The molecule has 1 unspecified atom stereocenters. The van der Waals surface area contributed by atoms with Gasteiger partial charge in [0, 0.05) is 0 Å². The first-order valence-electron chi connectivity index (χ1n) is 9.46. The number of aryl methyl sites for hydroxylation is 1. The molecule has 1 fully saturated rings. The van der Waals surface area contributed by atoms with Gasteiger partial charge in [0.15, 0.2) is 0 Å². The second-order valence-electron chi connectivity index (χ2n) is 6.61. The number of carbonyl (C=O) groups excluding carboxylic acids is 3. The van der Waals surface area contributed by atoms with Crippen molar-refractivity contribution in [2.45, 2.75) is 57.7 Å². The highest BCUT2D eigenvalue weighted by Crippen LogP contribution is 2.09. The van der Waals surface area contributed by atoms with Crippen LogP contribution in [0.25, 0.3) is 0 Å². The maximum absolute atomic E-state index is 12.2. The van der Waals surface area contributed by atoms with Gasteiger partial charge in [0.05, 0.1) is 6.61 Å². The highest BCUT2D eigenvalue weighted by Gasteiger charge is 2.30. The lowest BCUT2D eigenvalue weighted by atomic mass is 10.0. The quantitative estimate of drug-likeness (QED) is 0.496. The summed E-state index contributed by atoms with van der Waals surface area (Å²) in [5, 5.41) is 5.94. The summed E-state index contributed by atoms with van der Waals surface area (Å²) in [6.45, 7) is 4.31. The van der Waals surface area contributed by atoms with E-state index in [1.165, 1.54) is 0 Å². The molecular formula is C20H28N2O5. The third-order valence-corrected chi connectivity index (χ3v) is 4.49. The molecule has 0 aromatic heterocycles. The number of hydrogen-bond donors (Lipinski definition) is 2. The molecule has 2 rings (SSSR count). The van der Waals surface area contributed by atoms with Crippen molar-refractivity contribution in [1.82, 2.24) is 10.6 Å². The molecule has 3 atom stereocenters. The molecule has 0 bridgehead atoms. The Balaban J connectivity index is 1.90. The smallest absolute Gasteiger partial charge is 0.330 e. The lowest BCUT2D eigenvalue weighted by Crippen LogP contribution is -2.48. The van der Waals surface area contributed by atoms with Crippen LogP contribution in [-0.2, 0) is 30.3 Å². The van der Waals surface area contributed by atoms with E-state index < -0.39 is 36.0 Å². The van der Waals surface area contributed by atoms with Crippen LogP contribution < -0.4 is 10.6 Å². The van der Waals surface area contributed by atoms with E-state index in [4.69, 9.17) is 9.47 Å². The van der Waals surface area contributed by atoms with Crippen LogP contribution in [0.4, 0.5) is 0 Å². The van der Waals surface area contributed by atoms with E-state index in [9.17, 15) is 14.4 Å². The maximum Gasteiger partial charge on any atom is 0.330 e. The molecule has 1 aliphatic rings. The Hall–Kier alpha value is -2.25. The topological polar surface area (TPSA) is 93.7 Å². The Kier molecular flexibility index (Phi) is 8.42. The fraction of sp³-hybridized carbons (Fsp3) is 0.550. The lowest BCUT2D eigenvalue weighted by molar-refractivity contribution is -0.162. The van der Waals surface area contributed by atoms with E-state index >= 15 is 0 Å². The fourth-order valence-electron chi connectivity index (χ4n) is 2.98. The highest BCUT2D eigenvalue weighted by atomic mass is 16.6. The second-order valence-corrected chi connectivity index (χ2v) is 6.61. The van der Waals surface area contributed by atoms with Crippen LogP contribution in [-0.4, -0.2) is 49.2 Å². The first-order chi connectivity index (χ1) is 13.0. The van der Waals surface area contributed by atoms with Gasteiger partial charge in [0.2, 0.25) is 0 Å². The Morgan fingerprint density at radius 2 is 1.96 bits per heavy atom. The van der Waals surface area contributed by atoms with Crippen molar-refractivity contribution in [3.63, 3.8) is 0 Å². The second kappa shape index (κ2) is 10.8. The van der Waals surface area contributed by atoms with Gasteiger partial charge >= 0.3 is 17.9 Å². The molecule has 148 valence electrons. The summed E-state index contributed by atoms with van der Waals surface area (Å²) in [6, 6.07) is 7.86. The van der Waals surface area contributed by atoms with Crippen LogP contribution in [0.5, 0.6) is 0 Å². The lowest BCUT2D eigenvalue weighted by Gasteiger charge is -2.21. The van der Waals surface area contributed by atoms with Crippen LogP contribution in [0.1, 0.15) is 38.7 Å². The Morgan fingerprint density at radius 3 is 2.59 bits per heavy atom. The summed E-state index contributed by atoms with van der Waals surface area (Å²) >= 11 is 0. The molecule has 1 heterocycles. The molecule has 2 N–H and O–H groups in total. The summed E-state index contributed by atoms with van der Waals surface area (Å²) in [4.78, 5) is 36.4. The number of nitrogens with one attached hydrogen (secondary N) is 2. The number of benzene rings is 1. The SMILES string of the molecule is CCOC(=O)C(CCc1ccccc1)N[C@@H](C)C(=O)OC(=O)[C@@H]1CCCN1. The molecular weight excluding hydrogens is 348 g/mol. The summed E-state index contributed by atoms with van der Waals surface area (Å²) < 4.78 is 10.0. The first-order valence-corrected chi connectivity index (χ1v) is 9.46. The zero-order chi connectivity index (χ0) is 19.6. The Morgan fingerprint density at radius 1 is 1.22 bits per heavy atom. The van der Waals surface area contributed by atoms with E-state index in [1.807, 2.05) is 30.3 Å². The number of carbonyl (C=O) groups is 3. The largest absolute Gasteiger partial charge is 0.465 e. The number of rotatable bonds is 9. The highest BCUT2D eigenvalue weighted by molar-refractivity contribution is 5.91. The van der Waals surface area contributed by atoms with E-state index in [0.717, 1.165) is 18.5 Å². The third-order valence-electron chi connectivity index (χ3n) is 4.49. The standard InChI is InChI=1S/C20H28N2O5/c1-3-26-19(24)17(12-11-15-8-5-4-6-9-15)22-14(2)18(23)27-20(25)16-10-7-13-21-16/h4-6,8-9,14,16-17,21-22H,3,7,10-13H2,1-2H3/t14-,16-,17?/m0/s1. The monoisotopic (exact) mass is 376 g/mol. The summed E-state index contributed by atoms with van der Waals surface area (Å²) in [5.74, 6) is -1.68. The third kappa shape index (κ3) is 6.77. The molecule has 1 aromatic rings. The van der Waals surface area contributed by atoms with Crippen molar-refractivity contribution < 1.29 is 23.9 Å². The maximum atomic E-state index is 12.2. The van der Waals surface area contributed by atoms with Gasteiger partial charge in [-0.25, -0.2) is 9.59 Å². The molecule has 7 heteroatoms. The number of esters is 3. The van der Waals surface area contributed by atoms with Gasteiger partial charge in [0.1, 0.15) is 18.1 Å². The van der Waals surface area contributed by atoms with Crippen molar-refractivity contribution in [1.29, 1.82) is 0 Å². The van der Waals surface area contributed by atoms with E-state index in [1.54, 1.807) is 13.8 Å². The molecule has 7 nitrogen and oxygen atoms in total. The fourth-order valence-corrected chi connectivity index (χ4v) is 2.98. The van der Waals surface area contributed by atoms with Crippen molar-refractivity contribution in [3.8, 4) is 0 Å². The summed E-state index contributed by atoms with van der Waals surface area (Å²) in [5.41, 5.74) is 1.09. The predicted octanol–water partition coefficient (Wildman–Crippen LogP) is 1.35. The predicted molar refractivity (Wildman–Crippen MR) is 99.9 cm³/mol. The molecule has 1 aliphatic heterocycles. The molecule has 0 radical (unpaired) electrons. The minimum absolute atomic E-state index is 0.257. The van der Waals surface area contributed by atoms with Crippen LogP contribution in [0.3, 0.4) is 0 Å². The van der Waals surface area contributed by atoms with E-state index in [-0.39, 0.29) is 6.61 Å². The van der Waals surface area contributed by atoms with Crippen molar-refractivity contribution in [2.75, 3.05) is 13.2 Å². The van der Waals surface area contributed by atoms with Gasteiger partial charge in [-0.2, -0.15) is 0 Å². The van der Waals surface area contributed by atoms with Crippen molar-refractivity contribution in [3.05, 3.63) is 35.9 Å². The molecule has 0 amide bonds. The minimum Gasteiger partial charge on any atom is -0.465 e. The first kappa shape index (κ1) is 21.1. The van der Waals surface area contributed by atoms with E-state index in [0.29, 0.717) is 19.3 Å². The molecule has 0 spiro atoms. The average molecular weight is 376 g/mol. The zero-order valence-corrected chi connectivity index (χ0v) is 15.9. The summed E-state index contributed by atoms with van der Waals surface area (Å²) in [7, 11) is 0. The van der Waals surface area contributed by atoms with Crippen LogP contribution >= 0.6 is 0 Å². The van der Waals surface area contributed by atoms with Gasteiger partial charge in [-0.15, -0.1) is 0 Å². The molecule has 0 aliphatic carbocycles. The van der Waals surface area contributed by atoms with Gasteiger partial charge in [0.25, 0.3) is 0 Å². The molecule has 0 saturated carbocycles. The van der Waals surface area contributed by atoms with E-state index in [2.05, 4.69) is 10.6 Å². The number of hydrogen-bond acceptors (Lipinski definition) is 7. The normalized spacial score (nSPS) is 18.5. The van der Waals surface area contributed by atoms with Gasteiger partial charge in [-0.05, 0) is 51.6 Å². The van der Waals surface area contributed by atoms with Crippen molar-refractivity contribution in [2.24, 2.45) is 0 Å². The minimum atomic E-state index is -0.805. The average Bonchev–Trinajstić information content (AvgIpc) is 3.20. The summed E-state index contributed by atoms with van der Waals surface area (Å²) in [6.07, 6.45) is 2.67. The Bertz CT molecular complexity index is 629. The Labute approximate surface area is 159 Å². The van der Waals surface area contributed by atoms with Crippen LogP contribution in [0.15, 0.2) is 30.3 Å². The van der Waals surface area contributed by atoms with Gasteiger partial charge in [-0.1, -0.05) is 30.3 Å². The molecule has 1 saturated heterocycles. The molecule has 27 heavy (non-hydrogen) atoms. The van der Waals surface area contributed by atoms with Gasteiger partial charge < -0.3 is 14.8 Å². The van der Waals surface area contributed by atoms with Crippen LogP contribution in [0.2, 0.25) is 0 Å². The van der Waals surface area contributed by atoms with Crippen molar-refractivity contribution >= 4 is 17.9 Å². The molecule has 1 aromatic carbocycles. The zero-order valence-electron chi connectivity index (χ0n) is 15.9. The number of ether oxygens (including phenoxy) is 2. The van der Waals surface area contributed by atoms with Crippen LogP contribution in [0, 0.1) is 0 Å².